The van der Waals surface area contributed by atoms with E-state index in [-0.39, 0.29) is 0 Å². The van der Waals surface area contributed by atoms with Gasteiger partial charge in [0.1, 0.15) is 0 Å². The van der Waals surface area contributed by atoms with E-state index in [1.54, 1.807) is 0 Å². The number of rotatable bonds is 9. The van der Waals surface area contributed by atoms with Crippen LogP contribution in [0.1, 0.15) is 0 Å². The van der Waals surface area contributed by atoms with Gasteiger partial charge in [0.15, 0.2) is 0 Å². The molecule has 0 aromatic heterocycles. The van der Waals surface area contributed by atoms with Crippen molar-refractivity contribution in [3.63, 3.8) is 0 Å². The van der Waals surface area contributed by atoms with Crippen molar-refractivity contribution in [2.45, 2.75) is 53.7 Å². The zero-order chi connectivity index (χ0) is 26.8. The molecule has 32 heavy (non-hydrogen) atoms. The summed E-state index contributed by atoms with van der Waals surface area (Å²) in [4.78, 5) is 15.8. The lowest BCUT2D eigenvalue weighted by Crippen LogP contribution is -2.75. The first kappa shape index (κ1) is 31.0. The fourth-order valence-corrected chi connectivity index (χ4v) is 1.83. The van der Waals surface area contributed by atoms with Crippen molar-refractivity contribution < 1.29 is 97.7 Å². The molecular weight excluding hydrogens is 548 g/mol. The van der Waals surface area contributed by atoms with Crippen LogP contribution >= 0.6 is 8.60 Å². The second-order valence-corrected chi connectivity index (χ2v) is 6.07. The minimum atomic E-state index is -9.04. The maximum absolute atomic E-state index is 13.2. The lowest BCUT2D eigenvalue weighted by Gasteiger charge is -2.43. The fourth-order valence-electron chi connectivity index (χ4n) is 1.51. The molecule has 0 atom stereocenters. The smallest absolute Gasteiger partial charge is 0.328 e. The molecule has 0 aromatic carbocycles. The van der Waals surface area contributed by atoms with Crippen LogP contribution in [0, 0.1) is 0 Å². The molecule has 0 aromatic rings. The van der Waals surface area contributed by atoms with Crippen molar-refractivity contribution in [3.05, 3.63) is 0 Å². The lowest BCUT2D eigenvalue weighted by molar-refractivity contribution is -0.476. The Morgan fingerprint density at radius 1 is 0.375 bits per heavy atom. The van der Waals surface area contributed by atoms with Crippen molar-refractivity contribution in [1.82, 2.24) is 0 Å². The highest BCUT2D eigenvalue weighted by molar-refractivity contribution is 7.39. The van der Waals surface area contributed by atoms with Crippen LogP contribution in [0.2, 0.25) is 0 Å². The summed E-state index contributed by atoms with van der Waals surface area (Å²) in [5.41, 5.74) is 0. The molecule has 0 aliphatic heterocycles. The van der Waals surface area contributed by atoms with Crippen molar-refractivity contribution in [2.24, 2.45) is 0 Å². The quantitative estimate of drug-likeness (QED) is 0.282. The number of halogens is 19. The van der Waals surface area contributed by atoms with Crippen LogP contribution < -0.4 is 0 Å². The molecule has 194 valence electrons. The van der Waals surface area contributed by atoms with Gasteiger partial charge in [0.25, 0.3) is 0 Å². The van der Waals surface area contributed by atoms with Crippen LogP contribution in [0.5, 0.6) is 0 Å². The molecule has 0 spiro atoms. The van der Waals surface area contributed by atoms with E-state index in [1.165, 1.54) is 0 Å². The van der Waals surface area contributed by atoms with Gasteiger partial charge in [0.2, 0.25) is 0 Å². The molecule has 0 rings (SSSR count). The topological polar surface area (TPSA) is 49.7 Å². The molecule has 0 unspecified atom stereocenters. The predicted molar refractivity (Wildman–Crippen MR) is 58.1 cm³/mol. The largest absolute Gasteiger partial charge is 0.460 e. The molecule has 0 saturated heterocycles. The molecule has 3 nitrogen and oxygen atoms in total. The highest BCUT2D eigenvalue weighted by Gasteiger charge is 2.97. The van der Waals surface area contributed by atoms with Crippen molar-refractivity contribution in [2.75, 3.05) is 0 Å². The number of hydrogen-bond acceptors (Lipinski definition) is 3. The summed E-state index contributed by atoms with van der Waals surface area (Å²) < 4.78 is 245. The Bertz CT molecular complexity index is 682. The van der Waals surface area contributed by atoms with Crippen LogP contribution in [-0.4, -0.2) is 63.5 Å². The van der Waals surface area contributed by atoms with Gasteiger partial charge in [0, 0.05) is 0 Å². The molecule has 2 N–H and O–H groups in total. The number of hydrogen-bond donors (Lipinski definition) is 2. The molecular formula is C9H2F19O3P. The van der Waals surface area contributed by atoms with E-state index in [0.717, 1.165) is 0 Å². The van der Waals surface area contributed by atoms with Crippen LogP contribution in [0.25, 0.3) is 0 Å². The van der Waals surface area contributed by atoms with Crippen molar-refractivity contribution in [3.8, 4) is 0 Å². The monoisotopic (exact) mass is 550 g/mol. The minimum Gasteiger partial charge on any atom is -0.328 e. The Balaban J connectivity index is 6.85. The summed E-state index contributed by atoms with van der Waals surface area (Å²) in [5.74, 6) is -61.1. The Hall–Kier alpha value is -1.02. The van der Waals surface area contributed by atoms with Gasteiger partial charge in [-0.25, -0.2) is 4.52 Å². The molecule has 23 heteroatoms. The Kier molecular flexibility index (Phi) is 7.51. The average Bonchev–Trinajstić information content (AvgIpc) is 2.51. The summed E-state index contributed by atoms with van der Waals surface area (Å²) in [7, 11) is -4.92. The normalized spacial score (nSPS) is 16.7. The second-order valence-electron chi connectivity index (χ2n) is 5.38. The minimum absolute atomic E-state index is 1.98. The Morgan fingerprint density at radius 3 is 0.812 bits per heavy atom. The van der Waals surface area contributed by atoms with E-state index in [1.807, 2.05) is 4.52 Å². The van der Waals surface area contributed by atoms with Crippen molar-refractivity contribution in [1.29, 1.82) is 0 Å². The molecule has 0 heterocycles. The Labute approximate surface area is 161 Å². The van der Waals surface area contributed by atoms with Gasteiger partial charge in [-0.05, 0) is 0 Å². The predicted octanol–water partition coefficient (Wildman–Crippen LogP) is 5.82. The second kappa shape index (κ2) is 7.76. The third kappa shape index (κ3) is 3.93. The SMILES string of the molecule is OP(O)OC(F)(F)C(F)(F)C(F)(F)C(F)(F)C(F)(F)C(F)(F)C(F)(F)C(F)(F)C(F)(F)F. The summed E-state index contributed by atoms with van der Waals surface area (Å²) in [6.45, 7) is 0. The van der Waals surface area contributed by atoms with Gasteiger partial charge < -0.3 is 9.79 Å². The molecule has 0 aliphatic carbocycles. The van der Waals surface area contributed by atoms with Gasteiger partial charge in [0.05, 0.1) is 0 Å². The summed E-state index contributed by atoms with van der Waals surface area (Å²) in [5, 5.41) is 0. The zero-order valence-electron chi connectivity index (χ0n) is 13.4. The third-order valence-electron chi connectivity index (χ3n) is 3.28. The highest BCUT2D eigenvalue weighted by Crippen LogP contribution is 2.65. The van der Waals surface area contributed by atoms with E-state index >= 15 is 0 Å². The summed E-state index contributed by atoms with van der Waals surface area (Å²) >= 11 is 0. The first-order chi connectivity index (χ1) is 13.4. The van der Waals surface area contributed by atoms with Crippen LogP contribution in [0.3, 0.4) is 0 Å². The number of alkyl halides is 19. The summed E-state index contributed by atoms with van der Waals surface area (Å²) in [6, 6.07) is 0. The van der Waals surface area contributed by atoms with Crippen molar-refractivity contribution >= 4 is 8.60 Å². The van der Waals surface area contributed by atoms with Gasteiger partial charge in [-0.3, -0.25) is 0 Å². The molecule has 0 bridgehead atoms. The molecule has 0 aliphatic rings. The van der Waals surface area contributed by atoms with E-state index in [0.29, 0.717) is 0 Å². The molecule has 0 amide bonds. The average molecular weight is 550 g/mol. The van der Waals surface area contributed by atoms with Gasteiger partial charge in [-0.2, -0.15) is 83.4 Å². The lowest BCUT2D eigenvalue weighted by atomic mass is 9.88. The fraction of sp³-hybridized carbons (Fsp3) is 1.00. The van der Waals surface area contributed by atoms with E-state index in [4.69, 9.17) is 9.79 Å². The Morgan fingerprint density at radius 2 is 0.594 bits per heavy atom. The van der Waals surface area contributed by atoms with Crippen LogP contribution in [0.4, 0.5) is 83.4 Å². The molecule has 0 saturated carbocycles. The highest BCUT2D eigenvalue weighted by atomic mass is 31.2. The first-order valence-corrected chi connectivity index (χ1v) is 7.54. The molecule has 0 radical (unpaired) electrons. The maximum atomic E-state index is 13.2. The zero-order valence-corrected chi connectivity index (χ0v) is 14.3. The molecule has 0 fully saturated rings. The van der Waals surface area contributed by atoms with E-state index < -0.39 is 62.3 Å². The van der Waals surface area contributed by atoms with Gasteiger partial charge >= 0.3 is 62.3 Å². The third-order valence-corrected chi connectivity index (χ3v) is 3.68. The summed E-state index contributed by atoms with van der Waals surface area (Å²) in [6.07, 6.45) is -15.3. The van der Waals surface area contributed by atoms with Crippen LogP contribution in [-0.2, 0) is 4.52 Å². The standard InChI is InChI=1S/C9H2F19O3P/c10-1(11,2(12,13)4(16,17)6(20,21)8(24,25)26)3(14,15)5(18,19)7(22,23)9(27,28)31-32(29)30/h29-30H. The van der Waals surface area contributed by atoms with Gasteiger partial charge in [-0.15, -0.1) is 0 Å². The van der Waals surface area contributed by atoms with Gasteiger partial charge in [-0.1, -0.05) is 0 Å². The van der Waals surface area contributed by atoms with E-state index in [2.05, 4.69) is 0 Å². The first-order valence-electron chi connectivity index (χ1n) is 6.38. The van der Waals surface area contributed by atoms with Crippen LogP contribution in [0.15, 0.2) is 0 Å². The van der Waals surface area contributed by atoms with E-state index in [9.17, 15) is 83.4 Å². The maximum Gasteiger partial charge on any atom is 0.460 e.